The lowest BCUT2D eigenvalue weighted by molar-refractivity contribution is 0.103. The summed E-state index contributed by atoms with van der Waals surface area (Å²) in [4.78, 5) is 38.7. The van der Waals surface area contributed by atoms with E-state index in [9.17, 15) is 14.9 Å². The van der Waals surface area contributed by atoms with E-state index >= 15 is 8.78 Å². The van der Waals surface area contributed by atoms with Crippen molar-refractivity contribution >= 4 is 39.7 Å². The standard InChI is InChI=1S/C41H37F2N11O3/c1-22-47-36-32(50(22)3)17-34(57-4)35-27-6-5-11-52-33(16-23(37(27)52)8-12-49(2)39(35)36)40(55)25-14-29(42)38(30(43)15-25)51-13-9-24-20-53(31(7-10-44)28(24)21-51)41(56)54-46-19-26(18-45)48-54/h5-6,11,14-17,19,24,28,31H,7-9,12-13,20-21H2,1-4H3. The minimum absolute atomic E-state index is 0.00229. The first-order chi connectivity index (χ1) is 27.5. The number of carbonyl (C=O) groups excluding carboxylic acids is 2. The smallest absolute Gasteiger partial charge is 0.362 e. The molecule has 0 bridgehead atoms. The first kappa shape index (κ1) is 35.9. The Labute approximate surface area is 325 Å². The van der Waals surface area contributed by atoms with Crippen LogP contribution in [0.25, 0.3) is 27.7 Å². The maximum atomic E-state index is 16.2. The predicted octanol–water partition coefficient (Wildman–Crippen LogP) is 5.48. The second-order valence-electron chi connectivity index (χ2n) is 15.0. The summed E-state index contributed by atoms with van der Waals surface area (Å²) in [5, 5.41) is 26.6. The molecular weight excluding hydrogens is 733 g/mol. The number of benzene rings is 2. The lowest BCUT2D eigenvalue weighted by Gasteiger charge is -2.38. The molecule has 0 aliphatic carbocycles. The molecule has 2 saturated heterocycles. The number of fused-ring (bicyclic) bond motifs is 5. The molecule has 2 aromatic carbocycles. The number of anilines is 2. The molecule has 3 unspecified atom stereocenters. The molecule has 9 rings (SSSR count). The Morgan fingerprint density at radius 2 is 1.84 bits per heavy atom. The van der Waals surface area contributed by atoms with Crippen molar-refractivity contribution in [3.8, 4) is 29.0 Å². The highest BCUT2D eigenvalue weighted by molar-refractivity contribution is 6.11. The molecule has 16 heteroatoms. The van der Waals surface area contributed by atoms with E-state index in [0.717, 1.165) is 61.7 Å². The molecule has 14 nitrogen and oxygen atoms in total. The fourth-order valence-corrected chi connectivity index (χ4v) is 9.26. The van der Waals surface area contributed by atoms with Gasteiger partial charge < -0.3 is 28.4 Å². The van der Waals surface area contributed by atoms with Gasteiger partial charge in [0.05, 0.1) is 59.8 Å². The summed E-state index contributed by atoms with van der Waals surface area (Å²) in [6.45, 7) is 3.40. The summed E-state index contributed by atoms with van der Waals surface area (Å²) in [6, 6.07) is 12.7. The third kappa shape index (κ3) is 5.50. The minimum Gasteiger partial charge on any atom is -0.496 e. The van der Waals surface area contributed by atoms with Gasteiger partial charge in [-0.15, -0.1) is 5.10 Å². The van der Waals surface area contributed by atoms with Gasteiger partial charge in [-0.05, 0) is 55.5 Å². The highest BCUT2D eigenvalue weighted by Crippen LogP contribution is 2.47. The number of imidazole rings is 1. The minimum atomic E-state index is -0.876. The first-order valence-corrected chi connectivity index (χ1v) is 18.7. The van der Waals surface area contributed by atoms with Crippen LogP contribution in [0.15, 0.2) is 48.8 Å². The molecule has 3 aliphatic rings. The normalized spacial score (nSPS) is 18.9. The van der Waals surface area contributed by atoms with Crippen molar-refractivity contribution < 1.29 is 23.1 Å². The molecule has 2 fully saturated rings. The van der Waals surface area contributed by atoms with Gasteiger partial charge in [-0.2, -0.15) is 15.6 Å². The molecule has 3 aliphatic heterocycles. The third-order valence-corrected chi connectivity index (χ3v) is 12.1. The SMILES string of the molecule is COc1cc2c(nc(C)n2C)c2c1-c1cccn3c(C(=O)c4cc(F)c(N5CCC6CN(C(=O)n7ncc(C#N)n7)C(CC#N)C6C5)c(F)c4)cc(c13)CCN2C. The van der Waals surface area contributed by atoms with Gasteiger partial charge >= 0.3 is 6.03 Å². The monoisotopic (exact) mass is 769 g/mol. The zero-order valence-corrected chi connectivity index (χ0v) is 31.7. The molecule has 6 aromatic rings. The number of likely N-dealkylation sites (N-methyl/N-ethyl adjacent to an activating group) is 1. The van der Waals surface area contributed by atoms with Gasteiger partial charge in [-0.3, -0.25) is 4.79 Å². The lowest BCUT2D eigenvalue weighted by atomic mass is 9.83. The van der Waals surface area contributed by atoms with Crippen LogP contribution in [0.5, 0.6) is 5.75 Å². The van der Waals surface area contributed by atoms with Gasteiger partial charge in [-0.1, -0.05) is 10.9 Å². The van der Waals surface area contributed by atoms with Crippen LogP contribution < -0.4 is 14.5 Å². The zero-order chi connectivity index (χ0) is 39.9. The molecule has 288 valence electrons. The highest BCUT2D eigenvalue weighted by atomic mass is 19.1. The number of nitriles is 2. The zero-order valence-electron chi connectivity index (χ0n) is 31.7. The van der Waals surface area contributed by atoms with Crippen molar-refractivity contribution in [2.45, 2.75) is 32.2 Å². The van der Waals surface area contributed by atoms with E-state index in [1.807, 2.05) is 55.9 Å². The van der Waals surface area contributed by atoms with Crippen molar-refractivity contribution in [1.29, 1.82) is 10.5 Å². The molecule has 1 amide bonds. The fraction of sp³-hybridized carbons (Fsp3) is 0.341. The average molecular weight is 770 g/mol. The molecule has 57 heavy (non-hydrogen) atoms. The number of ketones is 1. The molecule has 0 spiro atoms. The molecule has 7 heterocycles. The van der Waals surface area contributed by atoms with E-state index in [0.29, 0.717) is 38.2 Å². The Kier molecular flexibility index (Phi) is 8.46. The third-order valence-electron chi connectivity index (χ3n) is 12.1. The van der Waals surface area contributed by atoms with E-state index in [4.69, 9.17) is 15.0 Å². The van der Waals surface area contributed by atoms with Gasteiger partial charge in [0.2, 0.25) is 5.78 Å². The van der Waals surface area contributed by atoms with Crippen molar-refractivity contribution in [2.24, 2.45) is 18.9 Å². The number of aromatic nitrogens is 6. The Hall–Kier alpha value is -6.81. The van der Waals surface area contributed by atoms with Gasteiger partial charge in [0.15, 0.2) is 5.69 Å². The Morgan fingerprint density at radius 1 is 1.05 bits per heavy atom. The quantitative estimate of drug-likeness (QED) is 0.206. The lowest BCUT2D eigenvalue weighted by Crippen LogP contribution is -2.45. The molecular formula is C41H37F2N11O3. The number of piperidine rings is 1. The van der Waals surface area contributed by atoms with Crippen LogP contribution >= 0.6 is 0 Å². The van der Waals surface area contributed by atoms with Gasteiger partial charge in [0, 0.05) is 69.6 Å². The molecule has 0 saturated carbocycles. The molecule has 0 radical (unpaired) electrons. The van der Waals surface area contributed by atoms with Gasteiger partial charge in [0.25, 0.3) is 0 Å². The first-order valence-electron chi connectivity index (χ1n) is 18.7. The van der Waals surface area contributed by atoms with Crippen molar-refractivity contribution in [3.05, 3.63) is 88.8 Å². The van der Waals surface area contributed by atoms with Crippen LogP contribution in [0.4, 0.5) is 25.0 Å². The summed E-state index contributed by atoms with van der Waals surface area (Å²) in [5.74, 6) is -1.05. The van der Waals surface area contributed by atoms with E-state index in [1.54, 1.807) is 22.6 Å². The summed E-state index contributed by atoms with van der Waals surface area (Å²) in [7, 11) is 5.62. The van der Waals surface area contributed by atoms with Crippen molar-refractivity contribution in [1.82, 2.24) is 33.8 Å². The van der Waals surface area contributed by atoms with E-state index in [-0.39, 0.29) is 47.4 Å². The molecule has 3 atom stereocenters. The largest absolute Gasteiger partial charge is 0.496 e. The highest BCUT2D eigenvalue weighted by Gasteiger charge is 2.47. The number of amides is 1. The van der Waals surface area contributed by atoms with E-state index in [1.165, 1.54) is 11.1 Å². The Balaban J connectivity index is 1.05. The Morgan fingerprint density at radius 3 is 2.56 bits per heavy atom. The van der Waals surface area contributed by atoms with Gasteiger partial charge in [-0.25, -0.2) is 18.6 Å². The maximum Gasteiger partial charge on any atom is 0.362 e. The van der Waals surface area contributed by atoms with Crippen LogP contribution in [-0.4, -0.2) is 92.0 Å². The summed E-state index contributed by atoms with van der Waals surface area (Å²) >= 11 is 0. The number of carbonyl (C=O) groups is 2. The summed E-state index contributed by atoms with van der Waals surface area (Å²) in [6.07, 6.45) is 4.09. The number of hydrogen-bond donors (Lipinski definition) is 0. The van der Waals surface area contributed by atoms with E-state index in [2.05, 4.69) is 21.2 Å². The van der Waals surface area contributed by atoms with Crippen LogP contribution in [-0.2, 0) is 13.5 Å². The second kappa shape index (κ2) is 13.4. The number of nitrogens with zero attached hydrogens (tertiary/aromatic N) is 11. The topological polar surface area (TPSA) is 154 Å². The number of likely N-dealkylation sites (tertiary alicyclic amines) is 1. The molecule has 0 N–H and O–H groups in total. The summed E-state index contributed by atoms with van der Waals surface area (Å²) < 4.78 is 42.2. The van der Waals surface area contributed by atoms with Crippen LogP contribution in [0.1, 0.15) is 46.0 Å². The van der Waals surface area contributed by atoms with Crippen molar-refractivity contribution in [3.63, 3.8) is 0 Å². The number of pyridine rings is 1. The number of halogens is 2. The number of hydrogen-bond acceptors (Lipinski definition) is 10. The maximum absolute atomic E-state index is 16.2. The van der Waals surface area contributed by atoms with Crippen LogP contribution in [0.3, 0.4) is 0 Å². The number of rotatable bonds is 5. The average Bonchev–Trinajstić information content (AvgIpc) is 3.99. The number of methoxy groups -OCH3 is 1. The predicted molar refractivity (Wildman–Crippen MR) is 205 cm³/mol. The van der Waals surface area contributed by atoms with Crippen LogP contribution in [0.2, 0.25) is 0 Å². The Bertz CT molecular complexity index is 2730. The number of ether oxygens (including phenoxy) is 1. The fourth-order valence-electron chi connectivity index (χ4n) is 9.26. The second-order valence-corrected chi connectivity index (χ2v) is 15.0. The van der Waals surface area contributed by atoms with Crippen LogP contribution in [0, 0.1) is 53.1 Å². The summed E-state index contributed by atoms with van der Waals surface area (Å²) in [5.41, 5.74) is 6.00. The molecule has 4 aromatic heterocycles. The van der Waals surface area contributed by atoms with Crippen molar-refractivity contribution in [2.75, 3.05) is 50.1 Å². The van der Waals surface area contributed by atoms with Gasteiger partial charge in [0.1, 0.15) is 40.5 Å². The number of aryl methyl sites for hydroxylation is 2. The van der Waals surface area contributed by atoms with E-state index < -0.39 is 29.5 Å².